The molecule has 0 aliphatic rings. The summed E-state index contributed by atoms with van der Waals surface area (Å²) in [6.07, 6.45) is 4.10. The molecule has 0 bridgehead atoms. The number of carbonyl (C=O) groups excluding carboxylic acids is 7. The summed E-state index contributed by atoms with van der Waals surface area (Å²) in [5.74, 6) is -3.97. The molecule has 0 aliphatic heterocycles. The Morgan fingerprint density at radius 3 is 2.09 bits per heavy atom. The zero-order valence-electron chi connectivity index (χ0n) is 28.0. The average Bonchev–Trinajstić information content (AvgIpc) is 3.03. The number of amides is 4. The van der Waals surface area contributed by atoms with Gasteiger partial charge in [0.1, 0.15) is 30.5 Å². The van der Waals surface area contributed by atoms with Gasteiger partial charge in [0.25, 0.3) is 0 Å². The van der Waals surface area contributed by atoms with E-state index in [9.17, 15) is 33.6 Å². The fraction of sp³-hybridized carbons (Fsp3) is 0.618. The number of Topliss-reactive ketones (excluding diaryl/α,β-unsaturated/α-hetero) is 2. The number of ether oxygens (including phenoxy) is 1. The molecule has 0 fully saturated rings. The molecule has 7 N–H and O–H groups in total. The van der Waals surface area contributed by atoms with E-state index in [4.69, 9.17) is 16.2 Å². The van der Waals surface area contributed by atoms with Gasteiger partial charge in [-0.05, 0) is 43.7 Å². The number of benzene rings is 1. The van der Waals surface area contributed by atoms with Gasteiger partial charge in [0.2, 0.25) is 24.1 Å². The summed E-state index contributed by atoms with van der Waals surface area (Å²) in [5.41, 5.74) is 11.6. The lowest BCUT2D eigenvalue weighted by Gasteiger charge is -2.25. The van der Waals surface area contributed by atoms with E-state index in [-0.39, 0.29) is 43.8 Å². The molecule has 0 saturated carbocycles. The monoisotopic (exact) mass is 659 g/mol. The molecule has 0 radical (unpaired) electrons. The van der Waals surface area contributed by atoms with Crippen molar-refractivity contribution in [3.63, 3.8) is 0 Å². The van der Waals surface area contributed by atoms with Crippen LogP contribution >= 0.6 is 0 Å². The minimum absolute atomic E-state index is 0.00298. The van der Waals surface area contributed by atoms with Crippen molar-refractivity contribution in [1.82, 2.24) is 16.0 Å². The van der Waals surface area contributed by atoms with Crippen LogP contribution in [0.1, 0.15) is 90.5 Å². The van der Waals surface area contributed by atoms with Crippen LogP contribution in [0.3, 0.4) is 0 Å². The standard InChI is InChI=1S/C34H53N5O8/c1-4-5-14-28(37-22-40)32(44)38-29(18-23(2)3)33(45)39-30(19-24-11-7-6-8-12-24)34(46)47-21-27(42)16-15-26(41)20-25(31(36)43)13-9-10-17-35/h6-8,11-12,22-23,25,28-30H,4-5,9-10,13-21,35H2,1-3H3,(H2,36,43)(H,37,40)(H,38,44)(H,39,45)/t25?,28-,29-,30-/m0/s1. The van der Waals surface area contributed by atoms with E-state index in [0.717, 1.165) is 12.0 Å². The van der Waals surface area contributed by atoms with Crippen molar-refractivity contribution >= 4 is 41.7 Å². The highest BCUT2D eigenvalue weighted by molar-refractivity contribution is 5.93. The molecule has 0 heterocycles. The molecule has 0 saturated heterocycles. The van der Waals surface area contributed by atoms with Crippen molar-refractivity contribution in [2.75, 3.05) is 13.2 Å². The fourth-order valence-electron chi connectivity index (χ4n) is 4.93. The molecule has 47 heavy (non-hydrogen) atoms. The van der Waals surface area contributed by atoms with Crippen LogP contribution in [0.2, 0.25) is 0 Å². The fourth-order valence-corrected chi connectivity index (χ4v) is 4.93. The zero-order chi connectivity index (χ0) is 35.2. The van der Waals surface area contributed by atoms with Gasteiger partial charge in [-0.2, -0.15) is 0 Å². The van der Waals surface area contributed by atoms with Gasteiger partial charge in [-0.15, -0.1) is 0 Å². The molecule has 1 unspecified atom stereocenters. The van der Waals surface area contributed by atoms with E-state index in [1.165, 1.54) is 0 Å². The van der Waals surface area contributed by atoms with Crippen LogP contribution in [0.15, 0.2) is 30.3 Å². The van der Waals surface area contributed by atoms with Gasteiger partial charge in [-0.3, -0.25) is 28.8 Å². The highest BCUT2D eigenvalue weighted by Crippen LogP contribution is 2.15. The summed E-state index contributed by atoms with van der Waals surface area (Å²) in [6, 6.07) is 5.91. The van der Waals surface area contributed by atoms with E-state index >= 15 is 0 Å². The van der Waals surface area contributed by atoms with Crippen molar-refractivity contribution in [3.05, 3.63) is 35.9 Å². The largest absolute Gasteiger partial charge is 0.456 e. The average molecular weight is 660 g/mol. The smallest absolute Gasteiger partial charge is 0.329 e. The SMILES string of the molecule is CCCC[C@H](NC=O)C(=O)N[C@@H](CC(C)C)C(=O)N[C@@H](Cc1ccccc1)C(=O)OCC(=O)CCC(=O)CC(CCCCN)C(N)=O. The maximum Gasteiger partial charge on any atom is 0.329 e. The van der Waals surface area contributed by atoms with Gasteiger partial charge in [0.05, 0.1) is 0 Å². The summed E-state index contributed by atoms with van der Waals surface area (Å²) in [4.78, 5) is 87.4. The van der Waals surface area contributed by atoms with Crippen molar-refractivity contribution in [2.24, 2.45) is 23.3 Å². The number of nitrogens with one attached hydrogen (secondary N) is 3. The Hall–Kier alpha value is -4.13. The van der Waals surface area contributed by atoms with Gasteiger partial charge in [-0.25, -0.2) is 4.79 Å². The van der Waals surface area contributed by atoms with E-state index in [0.29, 0.717) is 45.1 Å². The van der Waals surface area contributed by atoms with Crippen LogP contribution in [0.4, 0.5) is 0 Å². The van der Waals surface area contributed by atoms with Crippen LogP contribution in [-0.2, 0) is 44.7 Å². The van der Waals surface area contributed by atoms with Gasteiger partial charge >= 0.3 is 5.97 Å². The van der Waals surface area contributed by atoms with Crippen LogP contribution in [0, 0.1) is 11.8 Å². The molecule has 1 rings (SSSR count). The van der Waals surface area contributed by atoms with Gasteiger partial charge in [-0.1, -0.05) is 70.4 Å². The molecule has 1 aromatic carbocycles. The number of nitrogens with two attached hydrogens (primary N) is 2. The summed E-state index contributed by atoms with van der Waals surface area (Å²) < 4.78 is 5.28. The van der Waals surface area contributed by atoms with Crippen LogP contribution < -0.4 is 27.4 Å². The molecular formula is C34H53N5O8. The molecule has 0 spiro atoms. The lowest BCUT2D eigenvalue weighted by Crippen LogP contribution is -2.56. The Labute approximate surface area is 277 Å². The maximum atomic E-state index is 13.5. The molecule has 4 atom stereocenters. The van der Waals surface area contributed by atoms with E-state index in [1.807, 2.05) is 20.8 Å². The molecule has 4 amide bonds. The lowest BCUT2D eigenvalue weighted by atomic mass is 9.93. The topological polar surface area (TPSA) is 217 Å². The van der Waals surface area contributed by atoms with Crippen LogP contribution in [-0.4, -0.2) is 72.9 Å². The third-order valence-electron chi connectivity index (χ3n) is 7.60. The minimum atomic E-state index is -1.18. The van der Waals surface area contributed by atoms with Crippen LogP contribution in [0.25, 0.3) is 0 Å². The number of esters is 1. The number of carbonyl (C=O) groups is 7. The minimum Gasteiger partial charge on any atom is -0.456 e. The van der Waals surface area contributed by atoms with E-state index < -0.39 is 60.1 Å². The number of unbranched alkanes of at least 4 members (excludes halogenated alkanes) is 2. The second kappa shape index (κ2) is 23.2. The molecule has 0 aliphatic carbocycles. The Bertz CT molecular complexity index is 1160. The predicted molar refractivity (Wildman–Crippen MR) is 176 cm³/mol. The first-order valence-corrected chi connectivity index (χ1v) is 16.4. The van der Waals surface area contributed by atoms with Gasteiger partial charge in [0.15, 0.2) is 5.78 Å². The second-order valence-electron chi connectivity index (χ2n) is 12.2. The molecule has 1 aromatic rings. The first-order chi connectivity index (χ1) is 22.4. The number of hydrogen-bond donors (Lipinski definition) is 5. The Morgan fingerprint density at radius 2 is 1.49 bits per heavy atom. The summed E-state index contributed by atoms with van der Waals surface area (Å²) in [7, 11) is 0. The lowest BCUT2D eigenvalue weighted by molar-refractivity contribution is -0.151. The van der Waals surface area contributed by atoms with Gasteiger partial charge < -0.3 is 32.2 Å². The quantitative estimate of drug-likeness (QED) is 0.0554. The summed E-state index contributed by atoms with van der Waals surface area (Å²) in [5, 5.41) is 7.90. The molecule has 262 valence electrons. The number of primary amides is 1. The van der Waals surface area contributed by atoms with E-state index in [1.54, 1.807) is 30.3 Å². The van der Waals surface area contributed by atoms with Crippen LogP contribution in [0.5, 0.6) is 0 Å². The Morgan fingerprint density at radius 1 is 0.851 bits per heavy atom. The highest BCUT2D eigenvalue weighted by atomic mass is 16.5. The molecule has 13 heteroatoms. The van der Waals surface area contributed by atoms with Crippen molar-refractivity contribution in [1.29, 1.82) is 0 Å². The number of rotatable bonds is 26. The van der Waals surface area contributed by atoms with Crippen molar-refractivity contribution in [2.45, 2.75) is 110 Å². The van der Waals surface area contributed by atoms with Crippen molar-refractivity contribution in [3.8, 4) is 0 Å². The third kappa shape index (κ3) is 17.4. The normalized spacial score (nSPS) is 13.5. The predicted octanol–water partition coefficient (Wildman–Crippen LogP) is 1.63. The molecule has 13 nitrogen and oxygen atoms in total. The Balaban J connectivity index is 2.91. The number of hydrogen-bond acceptors (Lipinski definition) is 9. The second-order valence-corrected chi connectivity index (χ2v) is 12.2. The first-order valence-electron chi connectivity index (χ1n) is 16.4. The third-order valence-corrected chi connectivity index (χ3v) is 7.60. The van der Waals surface area contributed by atoms with E-state index in [2.05, 4.69) is 16.0 Å². The maximum absolute atomic E-state index is 13.5. The summed E-state index contributed by atoms with van der Waals surface area (Å²) >= 11 is 0. The Kier molecular flexibility index (Phi) is 20.2. The number of ketones is 2. The van der Waals surface area contributed by atoms with Crippen molar-refractivity contribution < 1.29 is 38.3 Å². The summed E-state index contributed by atoms with van der Waals surface area (Å²) in [6.45, 7) is 5.58. The van der Waals surface area contributed by atoms with Gasteiger partial charge in [0, 0.05) is 31.6 Å². The molecular weight excluding hydrogens is 606 g/mol. The highest BCUT2D eigenvalue weighted by Gasteiger charge is 2.30. The zero-order valence-corrected chi connectivity index (χ0v) is 28.0. The first kappa shape index (κ1) is 40.9. The molecule has 0 aromatic heterocycles.